The number of nitriles is 1. The molecule has 2 aromatic rings. The van der Waals surface area contributed by atoms with Gasteiger partial charge in [-0.05, 0) is 43.9 Å². The lowest BCUT2D eigenvalue weighted by Gasteiger charge is -2.16. The molecule has 0 atom stereocenters. The summed E-state index contributed by atoms with van der Waals surface area (Å²) in [5.74, 6) is -0.244. The molecule has 0 saturated carbocycles. The first-order valence-electron chi connectivity index (χ1n) is 9.92. The number of carbonyl (C=O) groups is 1. The van der Waals surface area contributed by atoms with E-state index in [1.54, 1.807) is 0 Å². The van der Waals surface area contributed by atoms with Crippen LogP contribution in [0.2, 0.25) is 0 Å². The van der Waals surface area contributed by atoms with Gasteiger partial charge in [-0.3, -0.25) is 14.2 Å². The molecule has 1 N–H and O–H groups in total. The van der Waals surface area contributed by atoms with Crippen molar-refractivity contribution in [2.75, 3.05) is 6.61 Å². The molecule has 0 saturated heterocycles. The van der Waals surface area contributed by atoms with Crippen molar-refractivity contribution in [3.63, 3.8) is 0 Å². The first-order valence-corrected chi connectivity index (χ1v) is 9.92. The van der Waals surface area contributed by atoms with Gasteiger partial charge in [-0.15, -0.1) is 0 Å². The van der Waals surface area contributed by atoms with E-state index in [4.69, 9.17) is 4.74 Å². The summed E-state index contributed by atoms with van der Waals surface area (Å²) < 4.78 is 6.85. The minimum Gasteiger partial charge on any atom is -0.494 e. The van der Waals surface area contributed by atoms with E-state index in [0.29, 0.717) is 12.2 Å². The van der Waals surface area contributed by atoms with Crippen LogP contribution < -0.4 is 10.3 Å². The Morgan fingerprint density at radius 3 is 2.41 bits per heavy atom. The Bertz CT molecular complexity index is 979. The van der Waals surface area contributed by atoms with Crippen LogP contribution in [0.15, 0.2) is 23.0 Å². The summed E-state index contributed by atoms with van der Waals surface area (Å²) in [6, 6.07) is 7.57. The highest BCUT2D eigenvalue weighted by Crippen LogP contribution is 2.25. The molecule has 0 aliphatic rings. The van der Waals surface area contributed by atoms with Crippen molar-refractivity contribution < 1.29 is 14.6 Å². The molecule has 29 heavy (non-hydrogen) atoms. The molecule has 2 rings (SSSR count). The van der Waals surface area contributed by atoms with Crippen molar-refractivity contribution in [1.29, 1.82) is 5.26 Å². The molecule has 0 fully saturated rings. The van der Waals surface area contributed by atoms with E-state index in [0.717, 1.165) is 35.0 Å². The minimum absolute atomic E-state index is 0.0251. The second-order valence-electron chi connectivity index (χ2n) is 7.26. The molecule has 1 heterocycles. The zero-order valence-corrected chi connectivity index (χ0v) is 17.5. The predicted molar refractivity (Wildman–Crippen MR) is 112 cm³/mol. The fourth-order valence-electron chi connectivity index (χ4n) is 3.43. The van der Waals surface area contributed by atoms with E-state index >= 15 is 0 Å². The van der Waals surface area contributed by atoms with Crippen LogP contribution in [0.3, 0.4) is 0 Å². The van der Waals surface area contributed by atoms with E-state index in [9.17, 15) is 20.0 Å². The van der Waals surface area contributed by atoms with E-state index in [1.165, 1.54) is 6.92 Å². The maximum atomic E-state index is 12.9. The van der Waals surface area contributed by atoms with Crippen molar-refractivity contribution in [3.05, 3.63) is 56.4 Å². The molecule has 0 spiro atoms. The normalized spacial score (nSPS) is 10.6. The smallest absolute Gasteiger partial charge is 0.271 e. The number of Topliss-reactive ketones (excluding diaryl/α,β-unsaturated/α-hetero) is 1. The molecule has 0 amide bonds. The monoisotopic (exact) mass is 396 g/mol. The number of pyridine rings is 1. The maximum absolute atomic E-state index is 12.9. The van der Waals surface area contributed by atoms with E-state index < -0.39 is 17.2 Å². The second kappa shape index (κ2) is 9.92. The molecular formula is C23H28N2O4. The number of aryl methyl sites for hydroxylation is 2. The molecule has 154 valence electrons. The number of hydrogen-bond donors (Lipinski definition) is 1. The van der Waals surface area contributed by atoms with Crippen LogP contribution in [-0.4, -0.2) is 22.1 Å². The van der Waals surface area contributed by atoms with Crippen molar-refractivity contribution in [2.24, 2.45) is 0 Å². The van der Waals surface area contributed by atoms with E-state index in [1.807, 2.05) is 38.1 Å². The van der Waals surface area contributed by atoms with Crippen LogP contribution in [0, 0.1) is 32.1 Å². The van der Waals surface area contributed by atoms with Crippen LogP contribution in [0.25, 0.3) is 0 Å². The SMILES string of the molecule is CCCCCCn1c(O)c(C(=O)COc2c(C)cccc2C)c(C)c(C#N)c1=O. The average Bonchev–Trinajstić information content (AvgIpc) is 2.67. The van der Waals surface area contributed by atoms with Gasteiger partial charge in [0.2, 0.25) is 11.7 Å². The van der Waals surface area contributed by atoms with E-state index in [-0.39, 0.29) is 29.8 Å². The lowest BCUT2D eigenvalue weighted by atomic mass is 10.0. The average molecular weight is 396 g/mol. The largest absolute Gasteiger partial charge is 0.494 e. The highest BCUT2D eigenvalue weighted by atomic mass is 16.5. The lowest BCUT2D eigenvalue weighted by molar-refractivity contribution is 0.0915. The Labute approximate surface area is 171 Å². The van der Waals surface area contributed by atoms with E-state index in [2.05, 4.69) is 6.92 Å². The fourth-order valence-corrected chi connectivity index (χ4v) is 3.43. The first-order chi connectivity index (χ1) is 13.8. The number of ketones is 1. The lowest BCUT2D eigenvalue weighted by Crippen LogP contribution is -2.28. The summed E-state index contributed by atoms with van der Waals surface area (Å²) in [5, 5.41) is 20.1. The number of hydrogen-bond acceptors (Lipinski definition) is 5. The number of carbonyl (C=O) groups excluding carboxylic acids is 1. The summed E-state index contributed by atoms with van der Waals surface area (Å²) in [7, 11) is 0. The van der Waals surface area contributed by atoms with Crippen molar-refractivity contribution >= 4 is 5.78 Å². The molecule has 6 heteroatoms. The first kappa shape index (κ1) is 22.2. The predicted octanol–water partition coefficient (Wildman–Crippen LogP) is 4.19. The third-order valence-electron chi connectivity index (χ3n) is 5.07. The number of rotatable bonds is 9. The summed E-state index contributed by atoms with van der Waals surface area (Å²) in [6.45, 7) is 7.33. The Hall–Kier alpha value is -3.07. The second-order valence-corrected chi connectivity index (χ2v) is 7.26. The number of aromatic nitrogens is 1. The van der Waals surface area contributed by atoms with Gasteiger partial charge in [-0.1, -0.05) is 44.4 Å². The summed E-state index contributed by atoms with van der Waals surface area (Å²) in [6.07, 6.45) is 3.64. The Kier molecular flexibility index (Phi) is 7.60. The standard InChI is InChI=1S/C23H28N2O4/c1-5-6-7-8-12-25-22(27)18(13-24)17(4)20(23(25)28)19(26)14-29-21-15(2)10-9-11-16(21)3/h9-11,28H,5-8,12,14H2,1-4H3. The van der Waals surface area contributed by atoms with Crippen LogP contribution in [0.4, 0.5) is 0 Å². The number of aromatic hydroxyl groups is 1. The Morgan fingerprint density at radius 2 is 1.83 bits per heavy atom. The van der Waals surface area contributed by atoms with Gasteiger partial charge in [0.15, 0.2) is 6.61 Å². The molecule has 0 aliphatic heterocycles. The quantitative estimate of drug-likeness (QED) is 0.507. The van der Waals surface area contributed by atoms with Crippen molar-refractivity contribution in [1.82, 2.24) is 4.57 Å². The Morgan fingerprint density at radius 1 is 1.17 bits per heavy atom. The van der Waals surface area contributed by atoms with Crippen LogP contribution >= 0.6 is 0 Å². The van der Waals surface area contributed by atoms with Crippen LogP contribution in [-0.2, 0) is 6.54 Å². The number of para-hydroxylation sites is 1. The topological polar surface area (TPSA) is 92.3 Å². The van der Waals surface area contributed by atoms with Crippen molar-refractivity contribution in [3.8, 4) is 17.7 Å². The van der Waals surface area contributed by atoms with Gasteiger partial charge in [0.05, 0.1) is 5.56 Å². The van der Waals surface area contributed by atoms with Gasteiger partial charge in [-0.25, -0.2) is 0 Å². The molecule has 1 aromatic heterocycles. The molecule has 1 aromatic carbocycles. The number of unbranched alkanes of at least 4 members (excludes halogenated alkanes) is 3. The number of benzene rings is 1. The molecule has 0 aliphatic carbocycles. The van der Waals surface area contributed by atoms with Gasteiger partial charge < -0.3 is 9.84 Å². The molecule has 0 bridgehead atoms. The highest BCUT2D eigenvalue weighted by molar-refractivity contribution is 6.01. The zero-order valence-electron chi connectivity index (χ0n) is 17.5. The van der Waals surface area contributed by atoms with Crippen LogP contribution in [0.5, 0.6) is 11.6 Å². The van der Waals surface area contributed by atoms with Gasteiger partial charge in [0.1, 0.15) is 17.4 Å². The summed E-state index contributed by atoms with van der Waals surface area (Å²) in [4.78, 5) is 25.5. The summed E-state index contributed by atoms with van der Waals surface area (Å²) in [5.41, 5.74) is 1.28. The maximum Gasteiger partial charge on any atom is 0.271 e. The number of nitrogens with zero attached hydrogens (tertiary/aromatic N) is 2. The Balaban J connectivity index is 2.36. The highest BCUT2D eigenvalue weighted by Gasteiger charge is 2.24. The van der Waals surface area contributed by atoms with Gasteiger partial charge >= 0.3 is 0 Å². The van der Waals surface area contributed by atoms with Gasteiger partial charge in [0, 0.05) is 6.54 Å². The molecule has 6 nitrogen and oxygen atoms in total. The zero-order chi connectivity index (χ0) is 21.6. The summed E-state index contributed by atoms with van der Waals surface area (Å²) >= 11 is 0. The van der Waals surface area contributed by atoms with Crippen LogP contribution in [0.1, 0.15) is 65.2 Å². The fraction of sp³-hybridized carbons (Fsp3) is 0.435. The van der Waals surface area contributed by atoms with Gasteiger partial charge in [0.25, 0.3) is 5.56 Å². The minimum atomic E-state index is -0.564. The molecular weight excluding hydrogens is 368 g/mol. The third-order valence-corrected chi connectivity index (χ3v) is 5.07. The third kappa shape index (κ3) is 4.86. The van der Waals surface area contributed by atoms with Crippen molar-refractivity contribution in [2.45, 2.75) is 59.9 Å². The molecule has 0 radical (unpaired) electrons. The molecule has 0 unspecified atom stereocenters. The van der Waals surface area contributed by atoms with Gasteiger partial charge in [-0.2, -0.15) is 5.26 Å². The number of ether oxygens (including phenoxy) is 1.